The molecule has 4 nitrogen and oxygen atoms in total. The van der Waals surface area contributed by atoms with E-state index in [1.807, 2.05) is 0 Å². The number of nitrogens with one attached hydrogen (secondary N) is 1. The van der Waals surface area contributed by atoms with E-state index in [4.69, 9.17) is 0 Å². The number of nitrogens with zero attached hydrogens (tertiary/aromatic N) is 2. The molecule has 5 heteroatoms. The average Bonchev–Trinajstić information content (AvgIpc) is 3.01. The van der Waals surface area contributed by atoms with E-state index in [1.54, 1.807) is 11.3 Å². The first-order valence-electron chi connectivity index (χ1n) is 9.06. The summed E-state index contributed by atoms with van der Waals surface area (Å²) in [7, 11) is 0. The number of thiazole rings is 1. The Morgan fingerprint density at radius 1 is 1.38 bits per heavy atom. The molecule has 2 bridgehead atoms. The Kier molecular flexibility index (Phi) is 4.31. The van der Waals surface area contributed by atoms with Crippen LogP contribution in [0, 0.1) is 5.92 Å². The van der Waals surface area contributed by atoms with Crippen molar-refractivity contribution in [1.29, 1.82) is 0 Å². The van der Waals surface area contributed by atoms with E-state index in [0.29, 0.717) is 24.4 Å². The van der Waals surface area contributed by atoms with Gasteiger partial charge in [0.15, 0.2) is 0 Å². The molecule has 0 aliphatic carbocycles. The number of piperidine rings is 3. The first-order valence-corrected chi connectivity index (χ1v) is 9.87. The van der Waals surface area contributed by atoms with Gasteiger partial charge in [0.25, 0.3) is 0 Å². The van der Waals surface area contributed by atoms with Crippen molar-refractivity contribution in [1.82, 2.24) is 15.2 Å². The Labute approximate surface area is 147 Å². The second kappa shape index (κ2) is 6.45. The summed E-state index contributed by atoms with van der Waals surface area (Å²) in [6, 6.07) is 7.03. The van der Waals surface area contributed by atoms with Gasteiger partial charge in [-0.2, -0.15) is 0 Å². The van der Waals surface area contributed by atoms with Gasteiger partial charge < -0.3 is 5.32 Å². The lowest BCUT2D eigenvalue weighted by Gasteiger charge is -2.50. The van der Waals surface area contributed by atoms with E-state index in [2.05, 4.69) is 47.2 Å². The number of aryl methyl sites for hydroxylation is 1. The van der Waals surface area contributed by atoms with Crippen LogP contribution in [-0.4, -0.2) is 41.0 Å². The van der Waals surface area contributed by atoms with Gasteiger partial charge in [0.1, 0.15) is 0 Å². The molecule has 0 radical (unpaired) electrons. The molecule has 2 atom stereocenters. The van der Waals surface area contributed by atoms with E-state index in [9.17, 15) is 4.79 Å². The van der Waals surface area contributed by atoms with E-state index >= 15 is 0 Å². The summed E-state index contributed by atoms with van der Waals surface area (Å²) < 4.78 is 1.21. The second-order valence-electron chi connectivity index (χ2n) is 7.15. The summed E-state index contributed by atoms with van der Waals surface area (Å²) in [5.41, 5.74) is 2.08. The number of carbonyl (C=O) groups is 1. The molecule has 5 rings (SSSR count). The zero-order chi connectivity index (χ0) is 16.7. The summed E-state index contributed by atoms with van der Waals surface area (Å²) in [5, 5.41) is 4.47. The molecule has 1 aromatic heterocycles. The molecule has 0 unspecified atom stereocenters. The fourth-order valence-corrected chi connectivity index (χ4v) is 5.14. The van der Waals surface area contributed by atoms with E-state index in [1.165, 1.54) is 30.6 Å². The number of hydrogen-bond donors (Lipinski definition) is 1. The molecule has 3 aliphatic heterocycles. The lowest BCUT2D eigenvalue weighted by Crippen LogP contribution is -2.62. The van der Waals surface area contributed by atoms with E-state index in [-0.39, 0.29) is 5.91 Å². The molecular weight excluding hydrogens is 318 g/mol. The minimum Gasteiger partial charge on any atom is -0.351 e. The molecule has 1 N–H and O–H groups in total. The topological polar surface area (TPSA) is 45.2 Å². The SMILES string of the molecule is CCc1nc2cc(CC(=O)N[C@@H]3C4CCN(CC4)[C@@H]3C)ccc2s1. The number of amides is 1. The highest BCUT2D eigenvalue weighted by Gasteiger charge is 2.40. The summed E-state index contributed by atoms with van der Waals surface area (Å²) in [4.78, 5) is 19.7. The van der Waals surface area contributed by atoms with Crippen molar-refractivity contribution in [2.45, 2.75) is 51.6 Å². The third-order valence-corrected chi connectivity index (χ3v) is 6.85. The predicted octanol–water partition coefficient (Wildman–Crippen LogP) is 3.00. The lowest BCUT2D eigenvalue weighted by atomic mass is 9.79. The van der Waals surface area contributed by atoms with Crippen LogP contribution in [-0.2, 0) is 17.6 Å². The van der Waals surface area contributed by atoms with Gasteiger partial charge in [0, 0.05) is 12.1 Å². The molecule has 1 amide bonds. The number of rotatable bonds is 4. The standard InChI is InChI=1S/C19H25N3OS/c1-3-18-20-15-10-13(4-5-16(15)24-18)11-17(23)21-19-12(2)22-8-6-14(19)7-9-22/h4-5,10,12,14,19H,3,6-9,11H2,1-2H3,(H,21,23)/t12-,19+/m1/s1. The van der Waals surface area contributed by atoms with Crippen molar-refractivity contribution in [2.24, 2.45) is 5.92 Å². The van der Waals surface area contributed by atoms with Crippen molar-refractivity contribution in [3.05, 3.63) is 28.8 Å². The Balaban J connectivity index is 1.44. The summed E-state index contributed by atoms with van der Waals surface area (Å²) in [6.45, 7) is 6.77. The Morgan fingerprint density at radius 3 is 2.88 bits per heavy atom. The minimum absolute atomic E-state index is 0.144. The van der Waals surface area contributed by atoms with Crippen LogP contribution >= 0.6 is 11.3 Å². The van der Waals surface area contributed by atoms with Crippen LogP contribution < -0.4 is 5.32 Å². The number of fused-ring (bicyclic) bond motifs is 4. The third kappa shape index (κ3) is 2.95. The van der Waals surface area contributed by atoms with Crippen molar-refractivity contribution >= 4 is 27.5 Å². The largest absolute Gasteiger partial charge is 0.351 e. The lowest BCUT2D eigenvalue weighted by molar-refractivity contribution is -0.123. The van der Waals surface area contributed by atoms with Gasteiger partial charge in [-0.1, -0.05) is 13.0 Å². The molecule has 0 saturated carbocycles. The van der Waals surface area contributed by atoms with Crippen LogP contribution in [0.4, 0.5) is 0 Å². The maximum absolute atomic E-state index is 12.6. The third-order valence-electron chi connectivity index (χ3n) is 5.67. The number of benzene rings is 1. The fraction of sp³-hybridized carbons (Fsp3) is 0.579. The smallest absolute Gasteiger partial charge is 0.224 e. The zero-order valence-electron chi connectivity index (χ0n) is 14.4. The van der Waals surface area contributed by atoms with Crippen LogP contribution in [0.15, 0.2) is 18.2 Å². The minimum atomic E-state index is 0.144. The van der Waals surface area contributed by atoms with Gasteiger partial charge in [-0.05, 0) is 62.9 Å². The first kappa shape index (κ1) is 16.0. The van der Waals surface area contributed by atoms with Crippen LogP contribution in [0.3, 0.4) is 0 Å². The summed E-state index contributed by atoms with van der Waals surface area (Å²) in [6.07, 6.45) is 3.86. The highest BCUT2D eigenvalue weighted by molar-refractivity contribution is 7.18. The molecule has 2 aromatic rings. The molecule has 3 fully saturated rings. The van der Waals surface area contributed by atoms with Crippen LogP contribution in [0.25, 0.3) is 10.2 Å². The average molecular weight is 343 g/mol. The van der Waals surface area contributed by atoms with Crippen LogP contribution in [0.2, 0.25) is 0 Å². The van der Waals surface area contributed by atoms with Gasteiger partial charge in [0.2, 0.25) is 5.91 Å². The van der Waals surface area contributed by atoms with E-state index < -0.39 is 0 Å². The number of aromatic nitrogens is 1. The monoisotopic (exact) mass is 343 g/mol. The Bertz CT molecular complexity index is 746. The van der Waals surface area contributed by atoms with Gasteiger partial charge >= 0.3 is 0 Å². The van der Waals surface area contributed by atoms with Crippen molar-refractivity contribution in [3.63, 3.8) is 0 Å². The van der Waals surface area contributed by atoms with Crippen molar-refractivity contribution < 1.29 is 4.79 Å². The Morgan fingerprint density at radius 2 is 2.17 bits per heavy atom. The molecule has 4 heterocycles. The molecule has 24 heavy (non-hydrogen) atoms. The summed E-state index contributed by atoms with van der Waals surface area (Å²) in [5.74, 6) is 0.799. The molecule has 3 saturated heterocycles. The quantitative estimate of drug-likeness (QED) is 0.928. The Hall–Kier alpha value is -1.46. The fourth-order valence-electron chi connectivity index (χ4n) is 4.25. The van der Waals surface area contributed by atoms with Crippen LogP contribution in [0.5, 0.6) is 0 Å². The van der Waals surface area contributed by atoms with E-state index in [0.717, 1.165) is 22.5 Å². The molecular formula is C19H25N3OS. The van der Waals surface area contributed by atoms with Gasteiger partial charge in [0.05, 0.1) is 21.6 Å². The first-order chi connectivity index (χ1) is 11.6. The summed E-state index contributed by atoms with van der Waals surface area (Å²) >= 11 is 1.74. The van der Waals surface area contributed by atoms with Gasteiger partial charge in [-0.25, -0.2) is 4.98 Å². The molecule has 1 aromatic carbocycles. The highest BCUT2D eigenvalue weighted by Crippen LogP contribution is 2.32. The van der Waals surface area contributed by atoms with Gasteiger partial charge in [-0.15, -0.1) is 11.3 Å². The normalized spacial score (nSPS) is 29.1. The van der Waals surface area contributed by atoms with Gasteiger partial charge in [-0.3, -0.25) is 9.69 Å². The second-order valence-corrected chi connectivity index (χ2v) is 8.26. The molecule has 3 aliphatic rings. The van der Waals surface area contributed by atoms with Crippen LogP contribution in [0.1, 0.15) is 37.3 Å². The van der Waals surface area contributed by atoms with Crippen molar-refractivity contribution in [3.8, 4) is 0 Å². The molecule has 0 spiro atoms. The maximum Gasteiger partial charge on any atom is 0.224 e. The zero-order valence-corrected chi connectivity index (χ0v) is 15.2. The number of hydrogen-bond acceptors (Lipinski definition) is 4. The molecule has 128 valence electrons. The predicted molar refractivity (Wildman–Crippen MR) is 98.4 cm³/mol. The maximum atomic E-state index is 12.6. The van der Waals surface area contributed by atoms with Crippen molar-refractivity contribution in [2.75, 3.05) is 13.1 Å². The number of carbonyl (C=O) groups excluding carboxylic acids is 1. The highest BCUT2D eigenvalue weighted by atomic mass is 32.1.